The molecule has 4 aromatic rings. The van der Waals surface area contributed by atoms with Crippen LogP contribution in [0.1, 0.15) is 38.8 Å². The molecule has 5 nitrogen and oxygen atoms in total. The quantitative estimate of drug-likeness (QED) is 0.474. The van der Waals surface area contributed by atoms with Gasteiger partial charge in [-0.05, 0) is 36.2 Å². The van der Waals surface area contributed by atoms with Crippen LogP contribution in [-0.2, 0) is 13.1 Å². The molecule has 31 heavy (non-hydrogen) atoms. The Hall–Kier alpha value is -3.86. The van der Waals surface area contributed by atoms with Crippen LogP contribution in [0.15, 0.2) is 85.1 Å². The predicted octanol–water partition coefficient (Wildman–Crippen LogP) is 4.37. The molecule has 156 valence electrons. The summed E-state index contributed by atoms with van der Waals surface area (Å²) in [6, 6.07) is 25.4. The van der Waals surface area contributed by atoms with Crippen LogP contribution in [0.3, 0.4) is 0 Å². The molecule has 1 aromatic heterocycles. The van der Waals surface area contributed by atoms with Gasteiger partial charge in [0.05, 0.1) is 5.56 Å². The van der Waals surface area contributed by atoms with E-state index in [0.29, 0.717) is 30.8 Å². The van der Waals surface area contributed by atoms with Crippen molar-refractivity contribution in [3.05, 3.63) is 107 Å². The largest absolute Gasteiger partial charge is 0.352 e. The normalized spacial score (nSPS) is 10.7. The number of aromatic nitrogens is 1. The van der Waals surface area contributed by atoms with E-state index in [2.05, 4.69) is 27.3 Å². The van der Waals surface area contributed by atoms with Crippen molar-refractivity contribution in [3.8, 4) is 0 Å². The monoisotopic (exact) mass is 411 g/mol. The fraction of sp³-hybridized carbons (Fsp3) is 0.154. The molecule has 0 aliphatic carbocycles. The van der Waals surface area contributed by atoms with Crippen LogP contribution in [0.4, 0.5) is 0 Å². The van der Waals surface area contributed by atoms with Crippen LogP contribution in [0.5, 0.6) is 0 Å². The molecular weight excluding hydrogens is 386 g/mol. The molecule has 0 bridgehead atoms. The molecule has 5 heteroatoms. The van der Waals surface area contributed by atoms with Crippen LogP contribution in [-0.4, -0.2) is 22.9 Å². The summed E-state index contributed by atoms with van der Waals surface area (Å²) < 4.78 is 2.11. The third-order valence-electron chi connectivity index (χ3n) is 5.21. The Morgan fingerprint density at radius 1 is 0.806 bits per heavy atom. The lowest BCUT2D eigenvalue weighted by molar-refractivity contribution is 0.0948. The van der Waals surface area contributed by atoms with Gasteiger partial charge in [0, 0.05) is 42.3 Å². The lowest BCUT2D eigenvalue weighted by Crippen LogP contribution is -2.24. The second-order valence-electron chi connectivity index (χ2n) is 7.42. The summed E-state index contributed by atoms with van der Waals surface area (Å²) >= 11 is 0. The molecule has 1 heterocycles. The van der Waals surface area contributed by atoms with Gasteiger partial charge >= 0.3 is 0 Å². The number of carbonyl (C=O) groups excluding carboxylic acids is 2. The number of nitrogens with zero attached hydrogens (tertiary/aromatic N) is 1. The molecule has 0 fully saturated rings. The molecule has 3 aromatic carbocycles. The highest BCUT2D eigenvalue weighted by Crippen LogP contribution is 2.22. The Bertz CT molecular complexity index is 1210. The lowest BCUT2D eigenvalue weighted by Gasteiger charge is -2.07. The van der Waals surface area contributed by atoms with Gasteiger partial charge in [-0.1, -0.05) is 60.7 Å². The highest BCUT2D eigenvalue weighted by molar-refractivity contribution is 6.07. The predicted molar refractivity (Wildman–Crippen MR) is 123 cm³/mol. The fourth-order valence-electron chi connectivity index (χ4n) is 3.70. The van der Waals surface area contributed by atoms with E-state index in [-0.39, 0.29) is 11.8 Å². The molecule has 2 amide bonds. The van der Waals surface area contributed by atoms with E-state index in [1.165, 1.54) is 5.56 Å². The number of fused-ring (bicyclic) bond motifs is 1. The average molecular weight is 412 g/mol. The van der Waals surface area contributed by atoms with Crippen molar-refractivity contribution >= 4 is 22.7 Å². The summed E-state index contributed by atoms with van der Waals surface area (Å²) in [5.74, 6) is -0.244. The third kappa shape index (κ3) is 4.67. The van der Waals surface area contributed by atoms with E-state index in [9.17, 15) is 9.59 Å². The van der Waals surface area contributed by atoms with Crippen molar-refractivity contribution < 1.29 is 9.59 Å². The molecule has 0 atom stereocenters. The second kappa shape index (κ2) is 9.30. The Kier molecular flexibility index (Phi) is 6.13. The number of benzene rings is 3. The first-order chi connectivity index (χ1) is 15.2. The fourth-order valence-corrected chi connectivity index (χ4v) is 3.70. The summed E-state index contributed by atoms with van der Waals surface area (Å²) in [7, 11) is 0. The molecule has 0 saturated carbocycles. The molecule has 4 rings (SSSR count). The third-order valence-corrected chi connectivity index (χ3v) is 5.21. The Morgan fingerprint density at radius 3 is 2.35 bits per heavy atom. The minimum atomic E-state index is -0.133. The zero-order valence-corrected chi connectivity index (χ0v) is 17.5. The molecular formula is C26H25N3O2. The zero-order valence-electron chi connectivity index (χ0n) is 17.5. The lowest BCUT2D eigenvalue weighted by atomic mass is 10.1. The summed E-state index contributed by atoms with van der Waals surface area (Å²) in [4.78, 5) is 25.1. The molecule has 0 aliphatic heterocycles. The maximum atomic E-state index is 13.0. The van der Waals surface area contributed by atoms with Crippen LogP contribution in [0.2, 0.25) is 0 Å². The van der Waals surface area contributed by atoms with Gasteiger partial charge < -0.3 is 15.2 Å². The van der Waals surface area contributed by atoms with E-state index < -0.39 is 0 Å². The van der Waals surface area contributed by atoms with Gasteiger partial charge in [0.25, 0.3) is 11.8 Å². The molecule has 0 saturated heterocycles. The maximum absolute atomic E-state index is 13.0. The number of hydrogen-bond acceptors (Lipinski definition) is 2. The van der Waals surface area contributed by atoms with Crippen molar-refractivity contribution in [2.75, 3.05) is 6.54 Å². The van der Waals surface area contributed by atoms with Crippen molar-refractivity contribution in [2.45, 2.75) is 20.0 Å². The van der Waals surface area contributed by atoms with Crippen LogP contribution in [0.25, 0.3) is 10.9 Å². The van der Waals surface area contributed by atoms with Crippen molar-refractivity contribution in [2.24, 2.45) is 0 Å². The number of amides is 2. The minimum absolute atomic E-state index is 0.111. The number of hydrogen-bond donors (Lipinski definition) is 2. The van der Waals surface area contributed by atoms with E-state index in [0.717, 1.165) is 16.5 Å². The molecule has 0 aliphatic rings. The summed E-state index contributed by atoms with van der Waals surface area (Å²) in [6.45, 7) is 3.51. The molecule has 0 radical (unpaired) electrons. The van der Waals surface area contributed by atoms with Gasteiger partial charge in [-0.2, -0.15) is 0 Å². The van der Waals surface area contributed by atoms with E-state index in [1.807, 2.05) is 73.8 Å². The van der Waals surface area contributed by atoms with Crippen LogP contribution < -0.4 is 10.6 Å². The van der Waals surface area contributed by atoms with E-state index in [1.54, 1.807) is 6.07 Å². The first-order valence-electron chi connectivity index (χ1n) is 10.4. The van der Waals surface area contributed by atoms with Crippen molar-refractivity contribution in [1.29, 1.82) is 0 Å². The van der Waals surface area contributed by atoms with E-state index >= 15 is 0 Å². The van der Waals surface area contributed by atoms with Gasteiger partial charge in [-0.15, -0.1) is 0 Å². The maximum Gasteiger partial charge on any atom is 0.253 e. The van der Waals surface area contributed by atoms with Crippen LogP contribution in [0, 0.1) is 0 Å². The first-order valence-corrected chi connectivity index (χ1v) is 10.4. The Balaban J connectivity index is 1.53. The second-order valence-corrected chi connectivity index (χ2v) is 7.42. The zero-order chi connectivity index (χ0) is 21.6. The standard InChI is InChI=1S/C26H25N3O2/c1-2-27-25(30)21-12-8-11-20(15-21)16-28-26(31)23-18-29(17-19-9-4-3-5-10-19)24-14-7-6-13-22(23)24/h3-15,18H,2,16-17H2,1H3,(H,27,30)(H,28,31). The summed E-state index contributed by atoms with van der Waals surface area (Å²) in [5.41, 5.74) is 4.32. The Labute approximate surface area is 181 Å². The van der Waals surface area contributed by atoms with Gasteiger partial charge in [-0.25, -0.2) is 0 Å². The van der Waals surface area contributed by atoms with Gasteiger partial charge in [0.15, 0.2) is 0 Å². The van der Waals surface area contributed by atoms with Gasteiger partial charge in [0.1, 0.15) is 0 Å². The minimum Gasteiger partial charge on any atom is -0.352 e. The molecule has 0 spiro atoms. The first kappa shape index (κ1) is 20.4. The Morgan fingerprint density at radius 2 is 1.55 bits per heavy atom. The SMILES string of the molecule is CCNC(=O)c1cccc(CNC(=O)c2cn(Cc3ccccc3)c3ccccc23)c1. The highest BCUT2D eigenvalue weighted by Gasteiger charge is 2.15. The smallest absolute Gasteiger partial charge is 0.253 e. The molecule has 2 N–H and O–H groups in total. The van der Waals surface area contributed by atoms with Crippen molar-refractivity contribution in [1.82, 2.24) is 15.2 Å². The van der Waals surface area contributed by atoms with Crippen molar-refractivity contribution in [3.63, 3.8) is 0 Å². The number of nitrogens with one attached hydrogen (secondary N) is 2. The number of para-hydroxylation sites is 1. The molecule has 0 unspecified atom stereocenters. The average Bonchev–Trinajstić information content (AvgIpc) is 3.17. The number of rotatable bonds is 7. The summed E-state index contributed by atoms with van der Waals surface area (Å²) in [6.07, 6.45) is 1.91. The van der Waals surface area contributed by atoms with Gasteiger partial charge in [0.2, 0.25) is 0 Å². The highest BCUT2D eigenvalue weighted by atomic mass is 16.2. The van der Waals surface area contributed by atoms with E-state index in [4.69, 9.17) is 0 Å². The topological polar surface area (TPSA) is 63.1 Å². The number of carbonyl (C=O) groups is 2. The van der Waals surface area contributed by atoms with Gasteiger partial charge in [-0.3, -0.25) is 9.59 Å². The summed E-state index contributed by atoms with van der Waals surface area (Å²) in [5, 5.41) is 6.72. The van der Waals surface area contributed by atoms with Crippen LogP contribution >= 0.6 is 0 Å².